The van der Waals surface area contributed by atoms with Gasteiger partial charge in [-0.1, -0.05) is 13.0 Å². The maximum atomic E-state index is 13.0. The van der Waals surface area contributed by atoms with E-state index in [1.165, 1.54) is 11.3 Å². The number of carbonyl (C=O) groups excluding carboxylic acids is 2. The average Bonchev–Trinajstić information content (AvgIpc) is 3.47. The van der Waals surface area contributed by atoms with E-state index in [1.807, 2.05) is 24.4 Å². The number of piperazine rings is 1. The molecule has 1 aliphatic rings. The fraction of sp³-hybridized carbons (Fsp3) is 0.619. The SMILES string of the molecule is CCCN(Cc1nnc(-c2cccs2)o1)C(=O)CN1CCN(CC(=O)NCCOC)CC1. The molecule has 0 bridgehead atoms. The first-order chi connectivity index (χ1) is 15.6. The third kappa shape index (κ3) is 7.37. The molecular weight excluding hydrogens is 432 g/mol. The number of nitrogens with zero attached hydrogens (tertiary/aromatic N) is 5. The topological polar surface area (TPSA) is 104 Å². The van der Waals surface area contributed by atoms with Crippen molar-refractivity contribution in [3.63, 3.8) is 0 Å². The molecule has 32 heavy (non-hydrogen) atoms. The molecule has 1 fully saturated rings. The molecule has 2 aromatic heterocycles. The van der Waals surface area contributed by atoms with Crippen molar-refractivity contribution in [2.75, 3.05) is 66.1 Å². The van der Waals surface area contributed by atoms with Gasteiger partial charge in [0.25, 0.3) is 5.89 Å². The number of ether oxygens (including phenoxy) is 1. The van der Waals surface area contributed by atoms with Crippen LogP contribution in [-0.2, 0) is 20.9 Å². The highest BCUT2D eigenvalue weighted by molar-refractivity contribution is 7.13. The molecule has 10 nitrogen and oxygen atoms in total. The molecule has 2 amide bonds. The van der Waals surface area contributed by atoms with Crippen molar-refractivity contribution in [2.24, 2.45) is 0 Å². The summed E-state index contributed by atoms with van der Waals surface area (Å²) in [7, 11) is 1.61. The minimum Gasteiger partial charge on any atom is -0.418 e. The second-order valence-corrected chi connectivity index (χ2v) is 8.64. The lowest BCUT2D eigenvalue weighted by Gasteiger charge is -2.34. The summed E-state index contributed by atoms with van der Waals surface area (Å²) in [5.41, 5.74) is 0. The van der Waals surface area contributed by atoms with Crippen LogP contribution in [0.1, 0.15) is 19.2 Å². The van der Waals surface area contributed by atoms with Crippen LogP contribution in [-0.4, -0.2) is 103 Å². The summed E-state index contributed by atoms with van der Waals surface area (Å²) in [4.78, 5) is 31.8. The monoisotopic (exact) mass is 464 g/mol. The second kappa shape index (κ2) is 12.6. The van der Waals surface area contributed by atoms with Crippen LogP contribution < -0.4 is 5.32 Å². The number of aromatic nitrogens is 2. The number of amides is 2. The van der Waals surface area contributed by atoms with E-state index in [4.69, 9.17) is 9.15 Å². The molecular formula is C21H32N6O4S. The zero-order valence-electron chi connectivity index (χ0n) is 18.8. The van der Waals surface area contributed by atoms with E-state index >= 15 is 0 Å². The van der Waals surface area contributed by atoms with Gasteiger partial charge in [0.15, 0.2) is 0 Å². The van der Waals surface area contributed by atoms with Crippen LogP contribution in [0.3, 0.4) is 0 Å². The van der Waals surface area contributed by atoms with Gasteiger partial charge in [-0.25, -0.2) is 0 Å². The first-order valence-corrected chi connectivity index (χ1v) is 11.8. The molecule has 0 aliphatic carbocycles. The molecule has 176 valence electrons. The lowest BCUT2D eigenvalue weighted by molar-refractivity contribution is -0.134. The molecule has 3 heterocycles. The fourth-order valence-electron chi connectivity index (χ4n) is 3.49. The van der Waals surface area contributed by atoms with Crippen LogP contribution in [0.4, 0.5) is 0 Å². The molecule has 0 radical (unpaired) electrons. The number of thiophene rings is 1. The van der Waals surface area contributed by atoms with E-state index in [1.54, 1.807) is 12.0 Å². The lowest BCUT2D eigenvalue weighted by atomic mass is 10.3. The van der Waals surface area contributed by atoms with Crippen molar-refractivity contribution in [3.05, 3.63) is 23.4 Å². The fourth-order valence-corrected chi connectivity index (χ4v) is 4.13. The Morgan fingerprint density at radius 2 is 1.97 bits per heavy atom. The van der Waals surface area contributed by atoms with Crippen molar-refractivity contribution < 1.29 is 18.7 Å². The Kier molecular flexibility index (Phi) is 9.60. The summed E-state index contributed by atoms with van der Waals surface area (Å²) in [6.07, 6.45) is 0.851. The van der Waals surface area contributed by atoms with E-state index in [0.29, 0.717) is 51.1 Å². The average molecular weight is 465 g/mol. The van der Waals surface area contributed by atoms with Crippen molar-refractivity contribution in [2.45, 2.75) is 19.9 Å². The Hall–Kier alpha value is -2.34. The Balaban J connectivity index is 1.44. The van der Waals surface area contributed by atoms with Crippen molar-refractivity contribution in [1.82, 2.24) is 30.2 Å². The van der Waals surface area contributed by atoms with Crippen LogP contribution in [0.15, 0.2) is 21.9 Å². The third-order valence-electron chi connectivity index (χ3n) is 5.19. The molecule has 2 aromatic rings. The molecule has 1 N–H and O–H groups in total. The molecule has 0 spiro atoms. The summed E-state index contributed by atoms with van der Waals surface area (Å²) in [5.74, 6) is 0.983. The number of hydrogen-bond acceptors (Lipinski definition) is 9. The van der Waals surface area contributed by atoms with Gasteiger partial charge in [0, 0.05) is 46.4 Å². The van der Waals surface area contributed by atoms with E-state index < -0.39 is 0 Å². The minimum absolute atomic E-state index is 0.00201. The van der Waals surface area contributed by atoms with Crippen LogP contribution >= 0.6 is 11.3 Å². The van der Waals surface area contributed by atoms with Crippen LogP contribution in [0.2, 0.25) is 0 Å². The first-order valence-electron chi connectivity index (χ1n) is 10.9. The molecule has 11 heteroatoms. The molecule has 3 rings (SSSR count). The smallest absolute Gasteiger partial charge is 0.257 e. The van der Waals surface area contributed by atoms with Gasteiger partial charge in [0.2, 0.25) is 17.7 Å². The minimum atomic E-state index is 0.00201. The van der Waals surface area contributed by atoms with Gasteiger partial charge in [-0.3, -0.25) is 19.4 Å². The lowest BCUT2D eigenvalue weighted by Crippen LogP contribution is -2.52. The maximum Gasteiger partial charge on any atom is 0.257 e. The Bertz CT molecular complexity index is 835. The number of rotatable bonds is 12. The zero-order chi connectivity index (χ0) is 22.8. The van der Waals surface area contributed by atoms with Crippen molar-refractivity contribution in [1.29, 1.82) is 0 Å². The standard InChI is InChI=1S/C21H32N6O4S/c1-3-7-27(15-19-23-24-21(31-19)17-5-4-13-32-17)20(29)16-26-10-8-25(9-11-26)14-18(28)22-6-12-30-2/h4-5,13H,3,6-12,14-16H2,1-2H3,(H,22,28). The summed E-state index contributed by atoms with van der Waals surface area (Å²) in [6, 6.07) is 3.87. The predicted molar refractivity (Wildman–Crippen MR) is 121 cm³/mol. The van der Waals surface area contributed by atoms with E-state index in [0.717, 1.165) is 37.5 Å². The maximum absolute atomic E-state index is 13.0. The summed E-state index contributed by atoms with van der Waals surface area (Å²) in [5, 5.41) is 13.0. The van der Waals surface area contributed by atoms with Gasteiger partial charge in [-0.15, -0.1) is 21.5 Å². The van der Waals surface area contributed by atoms with Crippen LogP contribution in [0, 0.1) is 0 Å². The number of methoxy groups -OCH3 is 1. The van der Waals surface area contributed by atoms with Gasteiger partial charge >= 0.3 is 0 Å². The van der Waals surface area contributed by atoms with Crippen molar-refractivity contribution in [3.8, 4) is 10.8 Å². The van der Waals surface area contributed by atoms with Gasteiger partial charge in [-0.05, 0) is 17.9 Å². The Morgan fingerprint density at radius 3 is 2.62 bits per heavy atom. The van der Waals surface area contributed by atoms with Gasteiger partial charge < -0.3 is 19.4 Å². The summed E-state index contributed by atoms with van der Waals surface area (Å²) >= 11 is 1.54. The highest BCUT2D eigenvalue weighted by atomic mass is 32.1. The molecule has 1 saturated heterocycles. The predicted octanol–water partition coefficient (Wildman–Crippen LogP) is 0.917. The third-order valence-corrected chi connectivity index (χ3v) is 6.05. The van der Waals surface area contributed by atoms with Crippen LogP contribution in [0.25, 0.3) is 10.8 Å². The van der Waals surface area contributed by atoms with E-state index in [2.05, 4.69) is 25.3 Å². The quantitative estimate of drug-likeness (QED) is 0.463. The summed E-state index contributed by atoms with van der Waals surface area (Å²) < 4.78 is 10.7. The summed E-state index contributed by atoms with van der Waals surface area (Å²) in [6.45, 7) is 7.75. The molecule has 0 unspecified atom stereocenters. The highest BCUT2D eigenvalue weighted by Crippen LogP contribution is 2.23. The van der Waals surface area contributed by atoms with Crippen molar-refractivity contribution >= 4 is 23.2 Å². The molecule has 0 atom stereocenters. The zero-order valence-corrected chi connectivity index (χ0v) is 19.6. The molecule has 1 aliphatic heterocycles. The normalized spacial score (nSPS) is 15.1. The van der Waals surface area contributed by atoms with Crippen LogP contribution in [0.5, 0.6) is 0 Å². The Labute approximate surface area is 192 Å². The number of carbonyl (C=O) groups is 2. The first kappa shape index (κ1) is 24.3. The largest absolute Gasteiger partial charge is 0.418 e. The Morgan fingerprint density at radius 1 is 1.22 bits per heavy atom. The van der Waals surface area contributed by atoms with Gasteiger partial charge in [-0.2, -0.15) is 0 Å². The van der Waals surface area contributed by atoms with E-state index in [9.17, 15) is 9.59 Å². The van der Waals surface area contributed by atoms with E-state index in [-0.39, 0.29) is 11.8 Å². The number of nitrogens with one attached hydrogen (secondary N) is 1. The molecule has 0 aromatic carbocycles. The highest BCUT2D eigenvalue weighted by Gasteiger charge is 2.24. The second-order valence-electron chi connectivity index (χ2n) is 7.69. The molecule has 0 saturated carbocycles. The van der Waals surface area contributed by atoms with Gasteiger partial charge in [0.05, 0.1) is 31.1 Å². The van der Waals surface area contributed by atoms with Gasteiger partial charge in [0.1, 0.15) is 0 Å². The number of hydrogen-bond donors (Lipinski definition) is 1.